The number of carbonyl (C=O) groups excluding carboxylic acids is 1. The quantitative estimate of drug-likeness (QED) is 0.870. The first-order chi connectivity index (χ1) is 10.2. The lowest BCUT2D eigenvalue weighted by Gasteiger charge is -2.14. The smallest absolute Gasteiger partial charge is 0.246 e. The van der Waals surface area contributed by atoms with Crippen molar-refractivity contribution >= 4 is 18.3 Å². The molecule has 3 rings (SSSR count). The number of amides is 1. The van der Waals surface area contributed by atoms with E-state index in [0.717, 1.165) is 25.1 Å². The van der Waals surface area contributed by atoms with Gasteiger partial charge >= 0.3 is 0 Å². The van der Waals surface area contributed by atoms with Crippen LogP contribution in [0.25, 0.3) is 11.4 Å². The Morgan fingerprint density at radius 2 is 2.18 bits per heavy atom. The van der Waals surface area contributed by atoms with Crippen LogP contribution in [0.3, 0.4) is 0 Å². The van der Waals surface area contributed by atoms with Gasteiger partial charge in [0.25, 0.3) is 0 Å². The molecule has 1 fully saturated rings. The van der Waals surface area contributed by atoms with E-state index in [2.05, 4.69) is 26.0 Å². The van der Waals surface area contributed by atoms with E-state index in [4.69, 9.17) is 0 Å². The average Bonchev–Trinajstić information content (AvgIpc) is 3.18. The van der Waals surface area contributed by atoms with Crippen molar-refractivity contribution in [2.75, 3.05) is 13.1 Å². The number of hydrogen-bond donors (Lipinski definition) is 2. The number of hydrogen-bond acceptors (Lipinski definition) is 5. The number of halogens is 1. The topological polar surface area (TPSA) is 84.7 Å². The molecule has 1 amide bonds. The van der Waals surface area contributed by atoms with Crippen LogP contribution < -0.4 is 10.6 Å². The summed E-state index contributed by atoms with van der Waals surface area (Å²) in [5.74, 6) is 0.443. The normalized spacial score (nSPS) is 18.5. The van der Waals surface area contributed by atoms with E-state index in [9.17, 15) is 4.79 Å². The van der Waals surface area contributed by atoms with Gasteiger partial charge in [0.1, 0.15) is 6.04 Å². The molecule has 8 heteroatoms. The highest BCUT2D eigenvalue weighted by Gasteiger charge is 2.23. The number of tetrazole rings is 1. The average molecular weight is 323 g/mol. The zero-order chi connectivity index (χ0) is 14.7. The van der Waals surface area contributed by atoms with Gasteiger partial charge in [0.05, 0.1) is 0 Å². The summed E-state index contributed by atoms with van der Waals surface area (Å²) in [7, 11) is 0. The predicted octanol–water partition coefficient (Wildman–Crippen LogP) is 0.801. The summed E-state index contributed by atoms with van der Waals surface area (Å²) in [5.41, 5.74) is 0.886. The van der Waals surface area contributed by atoms with Crippen LogP contribution in [0.15, 0.2) is 30.3 Å². The van der Waals surface area contributed by atoms with Crippen molar-refractivity contribution in [3.8, 4) is 11.4 Å². The molecule has 7 nitrogen and oxygen atoms in total. The molecular weight excluding hydrogens is 304 g/mol. The molecule has 2 aromatic rings. The van der Waals surface area contributed by atoms with Crippen molar-refractivity contribution in [1.29, 1.82) is 0 Å². The first-order valence-corrected chi connectivity index (χ1v) is 7.10. The van der Waals surface area contributed by atoms with Crippen molar-refractivity contribution in [3.05, 3.63) is 30.3 Å². The summed E-state index contributed by atoms with van der Waals surface area (Å²) in [6, 6.07) is 9.30. The van der Waals surface area contributed by atoms with Crippen LogP contribution in [0, 0.1) is 0 Å². The number of rotatable bonds is 4. The Bertz CT molecular complexity index is 611. The van der Waals surface area contributed by atoms with Crippen molar-refractivity contribution in [3.63, 3.8) is 0 Å². The molecule has 22 heavy (non-hydrogen) atoms. The summed E-state index contributed by atoms with van der Waals surface area (Å²) in [5, 5.41) is 18.5. The minimum atomic E-state index is -0.476. The van der Waals surface area contributed by atoms with Gasteiger partial charge in [0.2, 0.25) is 11.7 Å². The third kappa shape index (κ3) is 3.61. The van der Waals surface area contributed by atoms with Crippen LogP contribution in [0.4, 0.5) is 0 Å². The summed E-state index contributed by atoms with van der Waals surface area (Å²) < 4.78 is 0. The molecule has 0 aliphatic carbocycles. The maximum atomic E-state index is 12.2. The Balaban J connectivity index is 0.00000176. The Labute approximate surface area is 134 Å². The van der Waals surface area contributed by atoms with Gasteiger partial charge in [-0.05, 0) is 25.1 Å². The third-order valence-electron chi connectivity index (χ3n) is 3.59. The number of nitrogens with one attached hydrogen (secondary N) is 2. The van der Waals surface area contributed by atoms with Gasteiger partial charge in [0, 0.05) is 18.2 Å². The molecule has 1 aromatic heterocycles. The van der Waals surface area contributed by atoms with Gasteiger partial charge in [-0.25, -0.2) is 0 Å². The highest BCUT2D eigenvalue weighted by atomic mass is 35.5. The van der Waals surface area contributed by atoms with Crippen molar-refractivity contribution in [2.45, 2.75) is 25.4 Å². The summed E-state index contributed by atoms with van der Waals surface area (Å²) in [6.45, 7) is 3.53. The van der Waals surface area contributed by atoms with Crippen LogP contribution in [-0.4, -0.2) is 45.2 Å². The molecular formula is C14H19ClN6O. The monoisotopic (exact) mass is 322 g/mol. The summed E-state index contributed by atoms with van der Waals surface area (Å²) in [6.07, 6.45) is 0.957. The molecule has 1 saturated heterocycles. The molecule has 2 unspecified atom stereocenters. The van der Waals surface area contributed by atoms with Crippen LogP contribution in [-0.2, 0) is 4.79 Å². The highest BCUT2D eigenvalue weighted by Crippen LogP contribution is 2.13. The fourth-order valence-electron chi connectivity index (χ4n) is 2.30. The lowest BCUT2D eigenvalue weighted by atomic mass is 10.2. The molecule has 2 atom stereocenters. The maximum absolute atomic E-state index is 12.2. The lowest BCUT2D eigenvalue weighted by molar-refractivity contribution is -0.125. The predicted molar refractivity (Wildman–Crippen MR) is 84.6 cm³/mol. The molecule has 2 N–H and O–H groups in total. The van der Waals surface area contributed by atoms with Gasteiger partial charge < -0.3 is 10.6 Å². The molecule has 118 valence electrons. The van der Waals surface area contributed by atoms with Crippen molar-refractivity contribution in [2.24, 2.45) is 0 Å². The van der Waals surface area contributed by atoms with Crippen LogP contribution in [0.5, 0.6) is 0 Å². The first-order valence-electron chi connectivity index (χ1n) is 7.10. The minimum Gasteiger partial charge on any atom is -0.350 e. The molecule has 2 heterocycles. The SMILES string of the molecule is CC(C(=O)NC1CCNC1)n1nnc(-c2ccccc2)n1.Cl. The second-order valence-corrected chi connectivity index (χ2v) is 5.17. The van der Waals surface area contributed by atoms with E-state index in [1.807, 2.05) is 30.3 Å². The second kappa shape index (κ2) is 7.33. The van der Waals surface area contributed by atoms with E-state index in [-0.39, 0.29) is 24.4 Å². The van der Waals surface area contributed by atoms with Gasteiger partial charge in [-0.1, -0.05) is 30.3 Å². The minimum absolute atomic E-state index is 0. The lowest BCUT2D eigenvalue weighted by Crippen LogP contribution is -2.40. The zero-order valence-electron chi connectivity index (χ0n) is 12.3. The van der Waals surface area contributed by atoms with E-state index in [0.29, 0.717) is 5.82 Å². The Morgan fingerprint density at radius 3 is 2.86 bits per heavy atom. The standard InChI is InChI=1S/C14H18N6O.ClH/c1-10(14(21)16-12-7-8-15-9-12)20-18-13(17-19-20)11-5-3-2-4-6-11;/h2-6,10,12,15H,7-9H2,1H3,(H,16,21);1H. The third-order valence-corrected chi connectivity index (χ3v) is 3.59. The highest BCUT2D eigenvalue weighted by molar-refractivity contribution is 5.85. The van der Waals surface area contributed by atoms with E-state index < -0.39 is 6.04 Å². The van der Waals surface area contributed by atoms with Crippen molar-refractivity contribution < 1.29 is 4.79 Å². The molecule has 1 aliphatic rings. The molecule has 0 bridgehead atoms. The fourth-order valence-corrected chi connectivity index (χ4v) is 2.30. The van der Waals surface area contributed by atoms with Gasteiger partial charge in [0.15, 0.2) is 0 Å². The number of nitrogens with zero attached hydrogens (tertiary/aromatic N) is 4. The molecule has 0 saturated carbocycles. The van der Waals surface area contributed by atoms with E-state index in [1.165, 1.54) is 4.80 Å². The Kier molecular flexibility index (Phi) is 5.46. The van der Waals surface area contributed by atoms with Crippen molar-refractivity contribution in [1.82, 2.24) is 30.8 Å². The molecule has 1 aliphatic heterocycles. The van der Waals surface area contributed by atoms with Gasteiger partial charge in [-0.2, -0.15) is 4.80 Å². The van der Waals surface area contributed by atoms with Gasteiger partial charge in [-0.15, -0.1) is 22.6 Å². The second-order valence-electron chi connectivity index (χ2n) is 5.17. The number of benzene rings is 1. The number of aromatic nitrogens is 4. The Hall–Kier alpha value is -1.99. The van der Waals surface area contributed by atoms with Crippen LogP contribution >= 0.6 is 12.4 Å². The fraction of sp³-hybridized carbons (Fsp3) is 0.429. The van der Waals surface area contributed by atoms with Crippen LogP contribution in [0.2, 0.25) is 0 Å². The Morgan fingerprint density at radius 1 is 1.41 bits per heavy atom. The molecule has 0 radical (unpaired) electrons. The van der Waals surface area contributed by atoms with Crippen LogP contribution in [0.1, 0.15) is 19.4 Å². The summed E-state index contributed by atoms with van der Waals surface area (Å²) in [4.78, 5) is 13.5. The van der Waals surface area contributed by atoms with E-state index >= 15 is 0 Å². The molecule has 0 spiro atoms. The first kappa shape index (κ1) is 16.4. The maximum Gasteiger partial charge on any atom is 0.246 e. The van der Waals surface area contributed by atoms with Gasteiger partial charge in [-0.3, -0.25) is 4.79 Å². The largest absolute Gasteiger partial charge is 0.350 e. The molecule has 1 aromatic carbocycles. The summed E-state index contributed by atoms with van der Waals surface area (Å²) >= 11 is 0. The van der Waals surface area contributed by atoms with E-state index in [1.54, 1.807) is 6.92 Å². The zero-order valence-corrected chi connectivity index (χ0v) is 13.1. The number of carbonyl (C=O) groups is 1.